The van der Waals surface area contributed by atoms with Crippen LogP contribution in [0.5, 0.6) is 0 Å². The lowest BCUT2D eigenvalue weighted by Crippen LogP contribution is -2.56. The SMILES string of the molecule is CCC[C@@H](N)C(=O)N1CCN(CC)C(C)C1. The van der Waals surface area contributed by atoms with Crippen molar-refractivity contribution in [3.05, 3.63) is 0 Å². The molecule has 4 nitrogen and oxygen atoms in total. The van der Waals surface area contributed by atoms with Crippen LogP contribution in [0.3, 0.4) is 0 Å². The molecule has 0 aromatic rings. The molecule has 1 fully saturated rings. The van der Waals surface area contributed by atoms with Crippen LogP contribution in [0.1, 0.15) is 33.6 Å². The van der Waals surface area contributed by atoms with E-state index >= 15 is 0 Å². The van der Waals surface area contributed by atoms with Gasteiger partial charge in [-0.3, -0.25) is 9.69 Å². The number of amides is 1. The summed E-state index contributed by atoms with van der Waals surface area (Å²) in [7, 11) is 0. The molecule has 1 aliphatic heterocycles. The maximum absolute atomic E-state index is 12.0. The van der Waals surface area contributed by atoms with Crippen molar-refractivity contribution in [2.45, 2.75) is 45.7 Å². The van der Waals surface area contributed by atoms with Gasteiger partial charge in [0.25, 0.3) is 0 Å². The van der Waals surface area contributed by atoms with E-state index in [1.54, 1.807) is 0 Å². The Bertz CT molecular complexity index is 232. The summed E-state index contributed by atoms with van der Waals surface area (Å²) in [5, 5.41) is 0. The van der Waals surface area contributed by atoms with E-state index in [0.29, 0.717) is 6.04 Å². The van der Waals surface area contributed by atoms with Gasteiger partial charge in [0.05, 0.1) is 6.04 Å². The monoisotopic (exact) mass is 227 g/mol. The first-order valence-electron chi connectivity index (χ1n) is 6.38. The molecular formula is C12H25N3O. The summed E-state index contributed by atoms with van der Waals surface area (Å²) >= 11 is 0. The van der Waals surface area contributed by atoms with Crippen molar-refractivity contribution in [3.63, 3.8) is 0 Å². The summed E-state index contributed by atoms with van der Waals surface area (Å²) in [5.74, 6) is 0.129. The number of piperazine rings is 1. The Morgan fingerprint density at radius 2 is 2.12 bits per heavy atom. The van der Waals surface area contributed by atoms with Crippen LogP contribution in [0.4, 0.5) is 0 Å². The molecule has 4 heteroatoms. The third-order valence-electron chi connectivity index (χ3n) is 3.40. The van der Waals surface area contributed by atoms with Crippen LogP contribution in [-0.4, -0.2) is 54.0 Å². The van der Waals surface area contributed by atoms with Crippen LogP contribution in [0.25, 0.3) is 0 Å². The van der Waals surface area contributed by atoms with Crippen molar-refractivity contribution in [3.8, 4) is 0 Å². The second-order valence-corrected chi connectivity index (χ2v) is 4.66. The highest BCUT2D eigenvalue weighted by Gasteiger charge is 2.27. The summed E-state index contributed by atoms with van der Waals surface area (Å²) < 4.78 is 0. The molecule has 0 spiro atoms. The molecule has 0 aromatic carbocycles. The zero-order valence-corrected chi connectivity index (χ0v) is 10.8. The molecule has 0 radical (unpaired) electrons. The first kappa shape index (κ1) is 13.5. The lowest BCUT2D eigenvalue weighted by atomic mass is 10.1. The Labute approximate surface area is 98.8 Å². The number of rotatable bonds is 4. The summed E-state index contributed by atoms with van der Waals surface area (Å²) in [5.41, 5.74) is 5.87. The van der Waals surface area contributed by atoms with Gasteiger partial charge < -0.3 is 10.6 Å². The molecule has 1 saturated heterocycles. The first-order valence-corrected chi connectivity index (χ1v) is 6.38. The maximum Gasteiger partial charge on any atom is 0.239 e. The lowest BCUT2D eigenvalue weighted by Gasteiger charge is -2.40. The van der Waals surface area contributed by atoms with E-state index in [4.69, 9.17) is 5.73 Å². The average molecular weight is 227 g/mol. The minimum absolute atomic E-state index is 0.129. The number of hydrogen-bond donors (Lipinski definition) is 1. The maximum atomic E-state index is 12.0. The van der Waals surface area contributed by atoms with E-state index in [9.17, 15) is 4.79 Å². The molecule has 0 bridgehead atoms. The van der Waals surface area contributed by atoms with Gasteiger partial charge in [0.1, 0.15) is 0 Å². The quantitative estimate of drug-likeness (QED) is 0.768. The van der Waals surface area contributed by atoms with Crippen LogP contribution in [-0.2, 0) is 4.79 Å². The Hall–Kier alpha value is -0.610. The molecule has 16 heavy (non-hydrogen) atoms. The number of carbonyl (C=O) groups is 1. The van der Waals surface area contributed by atoms with Crippen molar-refractivity contribution in [2.24, 2.45) is 5.73 Å². The summed E-state index contributed by atoms with van der Waals surface area (Å²) in [6.07, 6.45) is 1.76. The highest BCUT2D eigenvalue weighted by atomic mass is 16.2. The Kier molecular flexibility index (Phi) is 5.22. The van der Waals surface area contributed by atoms with Crippen molar-refractivity contribution < 1.29 is 4.79 Å². The number of nitrogens with zero attached hydrogens (tertiary/aromatic N) is 2. The van der Waals surface area contributed by atoms with Crippen LogP contribution in [0.2, 0.25) is 0 Å². The Morgan fingerprint density at radius 3 is 2.62 bits per heavy atom. The largest absolute Gasteiger partial charge is 0.339 e. The number of hydrogen-bond acceptors (Lipinski definition) is 3. The van der Waals surface area contributed by atoms with E-state index in [1.807, 2.05) is 4.90 Å². The van der Waals surface area contributed by atoms with Gasteiger partial charge in [-0.2, -0.15) is 0 Å². The molecule has 2 N–H and O–H groups in total. The Morgan fingerprint density at radius 1 is 1.44 bits per heavy atom. The lowest BCUT2D eigenvalue weighted by molar-refractivity contribution is -0.135. The molecule has 1 amide bonds. The van der Waals surface area contributed by atoms with Crippen LogP contribution >= 0.6 is 0 Å². The van der Waals surface area contributed by atoms with Gasteiger partial charge in [-0.25, -0.2) is 0 Å². The standard InChI is InChI=1S/C12H25N3O/c1-4-6-11(13)12(16)15-8-7-14(5-2)10(3)9-15/h10-11H,4-9,13H2,1-3H3/t10?,11-/m1/s1. The van der Waals surface area contributed by atoms with Crippen LogP contribution in [0, 0.1) is 0 Å². The first-order chi connectivity index (χ1) is 7.60. The molecule has 1 unspecified atom stereocenters. The predicted octanol–water partition coefficient (Wildman–Crippen LogP) is 0.666. The van der Waals surface area contributed by atoms with E-state index in [0.717, 1.165) is 39.0 Å². The zero-order valence-electron chi connectivity index (χ0n) is 10.8. The van der Waals surface area contributed by atoms with Crippen molar-refractivity contribution in [1.82, 2.24) is 9.80 Å². The van der Waals surface area contributed by atoms with E-state index in [2.05, 4.69) is 25.7 Å². The normalized spacial score (nSPS) is 24.5. The van der Waals surface area contributed by atoms with Crippen LogP contribution < -0.4 is 5.73 Å². The van der Waals surface area contributed by atoms with Gasteiger partial charge in [0.15, 0.2) is 0 Å². The second kappa shape index (κ2) is 6.21. The topological polar surface area (TPSA) is 49.6 Å². The number of likely N-dealkylation sites (N-methyl/N-ethyl adjacent to an activating group) is 1. The highest BCUT2D eigenvalue weighted by Crippen LogP contribution is 2.10. The molecule has 94 valence electrons. The number of nitrogens with two attached hydrogens (primary N) is 1. The van der Waals surface area contributed by atoms with Gasteiger partial charge in [-0.1, -0.05) is 20.3 Å². The number of carbonyl (C=O) groups excluding carboxylic acids is 1. The summed E-state index contributed by atoms with van der Waals surface area (Å²) in [6, 6.07) is 0.155. The fourth-order valence-electron chi connectivity index (χ4n) is 2.33. The third kappa shape index (κ3) is 3.19. The minimum atomic E-state index is -0.301. The highest BCUT2D eigenvalue weighted by molar-refractivity contribution is 5.81. The fraction of sp³-hybridized carbons (Fsp3) is 0.917. The molecule has 1 rings (SSSR count). The molecule has 0 saturated carbocycles. The van der Waals surface area contributed by atoms with E-state index in [1.165, 1.54) is 0 Å². The van der Waals surface area contributed by atoms with Crippen molar-refractivity contribution in [1.29, 1.82) is 0 Å². The second-order valence-electron chi connectivity index (χ2n) is 4.66. The van der Waals surface area contributed by atoms with E-state index < -0.39 is 0 Å². The summed E-state index contributed by atoms with van der Waals surface area (Å²) in [4.78, 5) is 16.3. The van der Waals surface area contributed by atoms with Crippen LogP contribution in [0.15, 0.2) is 0 Å². The van der Waals surface area contributed by atoms with Gasteiger partial charge in [0.2, 0.25) is 5.91 Å². The fourth-order valence-corrected chi connectivity index (χ4v) is 2.33. The molecule has 0 aliphatic carbocycles. The zero-order chi connectivity index (χ0) is 12.1. The van der Waals surface area contributed by atoms with Crippen molar-refractivity contribution in [2.75, 3.05) is 26.2 Å². The predicted molar refractivity (Wildman–Crippen MR) is 66.2 cm³/mol. The molecule has 0 aromatic heterocycles. The van der Waals surface area contributed by atoms with Gasteiger partial charge in [-0.15, -0.1) is 0 Å². The molecule has 1 aliphatic rings. The van der Waals surface area contributed by atoms with E-state index in [-0.39, 0.29) is 11.9 Å². The van der Waals surface area contributed by atoms with Crippen molar-refractivity contribution >= 4 is 5.91 Å². The third-order valence-corrected chi connectivity index (χ3v) is 3.40. The Balaban J connectivity index is 2.47. The smallest absolute Gasteiger partial charge is 0.239 e. The molecule has 1 heterocycles. The molecular weight excluding hydrogens is 202 g/mol. The van der Waals surface area contributed by atoms with Gasteiger partial charge >= 0.3 is 0 Å². The van der Waals surface area contributed by atoms with Gasteiger partial charge in [0, 0.05) is 25.7 Å². The average Bonchev–Trinajstić information content (AvgIpc) is 2.28. The van der Waals surface area contributed by atoms with Gasteiger partial charge in [-0.05, 0) is 19.9 Å². The minimum Gasteiger partial charge on any atom is -0.339 e. The summed E-state index contributed by atoms with van der Waals surface area (Å²) in [6.45, 7) is 10.1. The molecule has 2 atom stereocenters.